The van der Waals surface area contributed by atoms with Crippen LogP contribution in [0.15, 0.2) is 188 Å². The Bertz CT molecular complexity index is 2850. The molecule has 10 rings (SSSR count). The zero-order valence-electron chi connectivity index (χ0n) is 32.3. The fourth-order valence-electron chi connectivity index (χ4n) is 8.47. The van der Waals surface area contributed by atoms with Crippen molar-refractivity contribution in [3.63, 3.8) is 0 Å². The number of ether oxygens (including phenoxy) is 1. The molecule has 2 aromatic heterocycles. The van der Waals surface area contributed by atoms with Gasteiger partial charge in [0, 0.05) is 45.9 Å². The fraction of sp³-hybridized carbons (Fsp3) is 0.0962. The van der Waals surface area contributed by atoms with E-state index in [1.54, 1.807) is 0 Å². The number of hydrogen-bond donors (Lipinski definition) is 0. The van der Waals surface area contributed by atoms with E-state index in [1.165, 1.54) is 44.3 Å². The monoisotopic (exact) mass is 738 g/mol. The van der Waals surface area contributed by atoms with E-state index in [9.17, 15) is 0 Å². The third-order valence-electron chi connectivity index (χ3n) is 11.0. The lowest BCUT2D eigenvalue weighted by Crippen LogP contribution is -2.24. The predicted octanol–water partition coefficient (Wildman–Crippen LogP) is 13.8. The summed E-state index contributed by atoms with van der Waals surface area (Å²) >= 11 is 0. The van der Waals surface area contributed by atoms with Crippen molar-refractivity contribution >= 4 is 44.7 Å². The zero-order chi connectivity index (χ0) is 38.5. The van der Waals surface area contributed by atoms with Crippen LogP contribution >= 0.6 is 0 Å². The van der Waals surface area contributed by atoms with E-state index in [-0.39, 0.29) is 5.41 Å². The van der Waals surface area contributed by atoms with Crippen molar-refractivity contribution in [3.05, 3.63) is 194 Å². The molecule has 0 bridgehead atoms. The number of para-hydroxylation sites is 4. The van der Waals surface area contributed by atoms with E-state index in [2.05, 4.69) is 205 Å². The summed E-state index contributed by atoms with van der Waals surface area (Å²) in [7, 11) is 0. The molecule has 0 atom stereocenters. The maximum absolute atomic E-state index is 6.70. The second-order valence-electron chi connectivity index (χ2n) is 15.7. The molecule has 3 heterocycles. The van der Waals surface area contributed by atoms with Gasteiger partial charge < -0.3 is 14.5 Å². The predicted molar refractivity (Wildman–Crippen MR) is 237 cm³/mol. The highest BCUT2D eigenvalue weighted by atomic mass is 16.5. The molecule has 0 saturated carbocycles. The highest BCUT2D eigenvalue weighted by molar-refractivity contribution is 6.10. The highest BCUT2D eigenvalue weighted by Crippen LogP contribution is 2.50. The molecule has 0 N–H and O–H groups in total. The second-order valence-corrected chi connectivity index (χ2v) is 15.7. The molecule has 0 saturated heterocycles. The average Bonchev–Trinajstić information content (AvgIpc) is 3.80. The number of pyridine rings is 1. The summed E-state index contributed by atoms with van der Waals surface area (Å²) < 4.78 is 8.96. The van der Waals surface area contributed by atoms with Crippen LogP contribution in [0.3, 0.4) is 0 Å². The Morgan fingerprint density at radius 1 is 0.526 bits per heavy atom. The molecule has 1 aliphatic rings. The Morgan fingerprint density at radius 3 is 1.75 bits per heavy atom. The van der Waals surface area contributed by atoms with E-state index >= 15 is 0 Å². The molecule has 0 amide bonds. The minimum absolute atomic E-state index is 0.0333. The number of nitrogens with zero attached hydrogens (tertiary/aromatic N) is 4. The number of aromatic nitrogens is 2. The van der Waals surface area contributed by atoms with E-state index in [0.717, 1.165) is 45.4 Å². The van der Waals surface area contributed by atoms with Gasteiger partial charge in [0.1, 0.15) is 23.8 Å². The topological polar surface area (TPSA) is 33.5 Å². The lowest BCUT2D eigenvalue weighted by molar-refractivity contribution is 0.482. The van der Waals surface area contributed by atoms with Gasteiger partial charge in [0.05, 0.1) is 28.3 Å². The standard InChI is InChI=1S/C52H42N4O/c1-52(2,3)45-31-32-53-51-49(45)44-25-10-11-28-46(44)56(51)39-22-15-24-41(34-39)57-40-23-14-21-38(33-40)54-35-55(48-30-13-12-29-47(48)54)50-42(36-17-6-4-7-18-36)26-16-27-43(50)37-19-8-5-9-20-37/h4-34H,35H2,1-3H3. The fourth-order valence-corrected chi connectivity index (χ4v) is 8.47. The molecule has 9 aromatic rings. The first-order valence-electron chi connectivity index (χ1n) is 19.6. The molecule has 7 aromatic carbocycles. The lowest BCUT2D eigenvalue weighted by Gasteiger charge is -2.27. The smallest absolute Gasteiger partial charge is 0.145 e. The van der Waals surface area contributed by atoms with E-state index < -0.39 is 0 Å². The van der Waals surface area contributed by atoms with Crippen LogP contribution in [0.2, 0.25) is 0 Å². The largest absolute Gasteiger partial charge is 0.457 e. The Hall–Kier alpha value is -7.11. The van der Waals surface area contributed by atoms with Gasteiger partial charge in [-0.2, -0.15) is 0 Å². The summed E-state index contributed by atoms with van der Waals surface area (Å²) in [6.07, 6.45) is 1.94. The van der Waals surface area contributed by atoms with E-state index in [4.69, 9.17) is 9.72 Å². The third-order valence-corrected chi connectivity index (χ3v) is 11.0. The van der Waals surface area contributed by atoms with Crippen LogP contribution in [0.4, 0.5) is 22.7 Å². The van der Waals surface area contributed by atoms with Crippen LogP contribution < -0.4 is 14.5 Å². The molecule has 0 aliphatic carbocycles. The van der Waals surface area contributed by atoms with Crippen LogP contribution in [-0.4, -0.2) is 16.2 Å². The average molecular weight is 739 g/mol. The van der Waals surface area contributed by atoms with Crippen molar-refractivity contribution in [1.82, 2.24) is 9.55 Å². The van der Waals surface area contributed by atoms with Crippen molar-refractivity contribution in [2.24, 2.45) is 0 Å². The highest BCUT2D eigenvalue weighted by Gasteiger charge is 2.31. The summed E-state index contributed by atoms with van der Waals surface area (Å²) in [5, 5.41) is 2.40. The molecule has 0 unspecified atom stereocenters. The summed E-state index contributed by atoms with van der Waals surface area (Å²) in [5.41, 5.74) is 13.6. The van der Waals surface area contributed by atoms with Gasteiger partial charge in [-0.15, -0.1) is 0 Å². The van der Waals surface area contributed by atoms with Gasteiger partial charge >= 0.3 is 0 Å². The van der Waals surface area contributed by atoms with E-state index in [1.807, 2.05) is 18.3 Å². The van der Waals surface area contributed by atoms with Crippen molar-refractivity contribution in [2.75, 3.05) is 16.5 Å². The maximum Gasteiger partial charge on any atom is 0.145 e. The Kier molecular flexibility index (Phi) is 8.37. The van der Waals surface area contributed by atoms with Crippen molar-refractivity contribution in [2.45, 2.75) is 26.2 Å². The molecule has 0 fully saturated rings. The maximum atomic E-state index is 6.70. The van der Waals surface area contributed by atoms with Crippen LogP contribution in [0.5, 0.6) is 11.5 Å². The van der Waals surface area contributed by atoms with Gasteiger partial charge in [0.25, 0.3) is 0 Å². The van der Waals surface area contributed by atoms with E-state index in [0.29, 0.717) is 6.67 Å². The molecule has 0 radical (unpaired) electrons. The number of anilines is 4. The Morgan fingerprint density at radius 2 is 1.09 bits per heavy atom. The van der Waals surface area contributed by atoms with Crippen LogP contribution in [0, 0.1) is 0 Å². The first kappa shape index (κ1) is 34.4. The summed E-state index contributed by atoms with van der Waals surface area (Å²) in [4.78, 5) is 9.78. The third kappa shape index (κ3) is 6.09. The summed E-state index contributed by atoms with van der Waals surface area (Å²) in [5.74, 6) is 1.53. The first-order valence-corrected chi connectivity index (χ1v) is 19.6. The Balaban J connectivity index is 1.02. The zero-order valence-corrected chi connectivity index (χ0v) is 32.3. The minimum atomic E-state index is -0.0333. The second kappa shape index (κ2) is 13.9. The van der Waals surface area contributed by atoms with Gasteiger partial charge in [-0.05, 0) is 70.6 Å². The van der Waals surface area contributed by atoms with Crippen molar-refractivity contribution in [3.8, 4) is 39.4 Å². The SMILES string of the molecule is CC(C)(C)c1ccnc2c1c1ccccc1n2-c1cccc(Oc2cccc(N3CN(c4c(-c5ccccc5)cccc4-c4ccccc4)c4ccccc43)c2)c1. The van der Waals surface area contributed by atoms with Gasteiger partial charge in [0.15, 0.2) is 0 Å². The molecular weight excluding hydrogens is 697 g/mol. The number of benzene rings is 7. The van der Waals surface area contributed by atoms with Crippen LogP contribution in [-0.2, 0) is 5.41 Å². The molecule has 5 heteroatoms. The van der Waals surface area contributed by atoms with Gasteiger partial charge in [0.2, 0.25) is 0 Å². The number of fused-ring (bicyclic) bond motifs is 4. The quantitative estimate of drug-likeness (QED) is 0.163. The van der Waals surface area contributed by atoms with Gasteiger partial charge in [-0.1, -0.05) is 142 Å². The lowest BCUT2D eigenvalue weighted by atomic mass is 9.85. The molecule has 1 aliphatic heterocycles. The normalized spacial score (nSPS) is 12.7. The number of hydrogen-bond acceptors (Lipinski definition) is 4. The Labute approximate surface area is 333 Å². The van der Waals surface area contributed by atoms with Crippen molar-refractivity contribution < 1.29 is 4.74 Å². The minimum Gasteiger partial charge on any atom is -0.457 e. The van der Waals surface area contributed by atoms with Crippen molar-refractivity contribution in [1.29, 1.82) is 0 Å². The molecule has 57 heavy (non-hydrogen) atoms. The molecule has 5 nitrogen and oxygen atoms in total. The van der Waals surface area contributed by atoms with Crippen LogP contribution in [0.1, 0.15) is 26.3 Å². The first-order chi connectivity index (χ1) is 27.9. The van der Waals surface area contributed by atoms with Crippen LogP contribution in [0.25, 0.3) is 49.9 Å². The molecule has 276 valence electrons. The summed E-state index contributed by atoms with van der Waals surface area (Å²) in [6.45, 7) is 7.43. The molecular formula is C52H42N4O. The van der Waals surface area contributed by atoms with Gasteiger partial charge in [-0.3, -0.25) is 4.57 Å². The summed E-state index contributed by atoms with van der Waals surface area (Å²) in [6, 6.07) is 64.3. The number of rotatable bonds is 7. The molecule has 0 spiro atoms. The van der Waals surface area contributed by atoms with Gasteiger partial charge in [-0.25, -0.2) is 4.98 Å².